The molecule has 5 nitrogen and oxygen atoms in total. The second-order valence-corrected chi connectivity index (χ2v) is 7.00. The van der Waals surface area contributed by atoms with Crippen molar-refractivity contribution in [2.45, 2.75) is 20.0 Å². The highest BCUT2D eigenvalue weighted by Crippen LogP contribution is 2.31. The van der Waals surface area contributed by atoms with E-state index in [-0.39, 0.29) is 0 Å². The van der Waals surface area contributed by atoms with Gasteiger partial charge in [-0.15, -0.1) is 0 Å². The maximum atomic E-state index is 10.8. The second kappa shape index (κ2) is 8.28. The van der Waals surface area contributed by atoms with E-state index in [1.165, 1.54) is 16.9 Å². The van der Waals surface area contributed by atoms with Crippen molar-refractivity contribution in [2.75, 3.05) is 10.2 Å². The quantitative estimate of drug-likeness (QED) is 0.643. The van der Waals surface area contributed by atoms with Crippen LogP contribution in [-0.4, -0.2) is 11.4 Å². The van der Waals surface area contributed by atoms with Crippen LogP contribution in [0.25, 0.3) is 0 Å². The molecular formula is C20H18N4OS. The third kappa shape index (κ3) is 4.26. The highest BCUT2D eigenvalue weighted by atomic mass is 32.1. The number of nitrogens with zero attached hydrogens (tertiary/aromatic N) is 3. The molecule has 0 aliphatic heterocycles. The first-order valence-electron chi connectivity index (χ1n) is 8.15. The van der Waals surface area contributed by atoms with Crippen LogP contribution in [0.5, 0.6) is 0 Å². The average Bonchev–Trinajstić information content (AvgIpc) is 3.03. The van der Waals surface area contributed by atoms with Crippen molar-refractivity contribution in [3.05, 3.63) is 76.2 Å². The molecule has 3 aromatic rings. The molecule has 0 radical (unpaired) electrons. The Bertz CT molecular complexity index is 930. The number of amides is 1. The molecule has 0 unspecified atom stereocenters. The summed E-state index contributed by atoms with van der Waals surface area (Å²) in [5, 5.41) is 12.6. The van der Waals surface area contributed by atoms with Gasteiger partial charge in [0.05, 0.1) is 11.6 Å². The number of carbonyl (C=O) groups is 1. The van der Waals surface area contributed by atoms with Gasteiger partial charge in [0, 0.05) is 18.0 Å². The first-order valence-corrected chi connectivity index (χ1v) is 8.97. The van der Waals surface area contributed by atoms with Crippen LogP contribution in [0.15, 0.2) is 54.6 Å². The lowest BCUT2D eigenvalue weighted by Gasteiger charge is -2.22. The van der Waals surface area contributed by atoms with Crippen LogP contribution in [0.3, 0.4) is 0 Å². The largest absolute Gasteiger partial charge is 0.339 e. The van der Waals surface area contributed by atoms with Crippen LogP contribution in [-0.2, 0) is 17.9 Å². The van der Waals surface area contributed by atoms with Gasteiger partial charge in [-0.2, -0.15) is 5.26 Å². The summed E-state index contributed by atoms with van der Waals surface area (Å²) in [6.07, 6.45) is 0.643. The van der Waals surface area contributed by atoms with Crippen LogP contribution in [0, 0.1) is 18.3 Å². The van der Waals surface area contributed by atoms with Gasteiger partial charge in [0.1, 0.15) is 5.82 Å². The van der Waals surface area contributed by atoms with E-state index in [4.69, 9.17) is 5.26 Å². The number of benzene rings is 2. The van der Waals surface area contributed by atoms with Gasteiger partial charge in [-0.25, -0.2) is 4.98 Å². The van der Waals surface area contributed by atoms with E-state index in [0.717, 1.165) is 15.6 Å². The molecule has 0 aliphatic rings. The number of carbonyl (C=O) groups excluding carboxylic acids is 1. The van der Waals surface area contributed by atoms with Gasteiger partial charge in [-0.05, 0) is 30.2 Å². The van der Waals surface area contributed by atoms with Crippen LogP contribution in [0.2, 0.25) is 0 Å². The minimum atomic E-state index is 0.587. The molecule has 6 heteroatoms. The maximum Gasteiger partial charge on any atom is 0.212 e. The molecule has 2 aromatic carbocycles. The monoisotopic (exact) mass is 362 g/mol. The Kier molecular flexibility index (Phi) is 5.62. The molecule has 0 spiro atoms. The van der Waals surface area contributed by atoms with Crippen molar-refractivity contribution < 1.29 is 4.79 Å². The predicted octanol–water partition coefficient (Wildman–Crippen LogP) is 4.10. The summed E-state index contributed by atoms with van der Waals surface area (Å²) in [5.74, 6) is 0.587. The number of nitriles is 1. The lowest BCUT2D eigenvalue weighted by atomic mass is 10.1. The topological polar surface area (TPSA) is 69.0 Å². The molecule has 0 saturated carbocycles. The first-order chi connectivity index (χ1) is 12.7. The third-order valence-electron chi connectivity index (χ3n) is 3.90. The molecule has 0 bridgehead atoms. The second-order valence-electron chi connectivity index (χ2n) is 5.82. The van der Waals surface area contributed by atoms with Gasteiger partial charge in [-0.1, -0.05) is 53.8 Å². The SMILES string of the molecule is Cc1sc(N(Cc2ccccc2)Cc2cccc(C#N)c2)nc1NC=O. The summed E-state index contributed by atoms with van der Waals surface area (Å²) in [5.41, 5.74) is 2.85. The van der Waals surface area contributed by atoms with E-state index in [1.54, 1.807) is 6.07 Å². The number of nitrogens with one attached hydrogen (secondary N) is 1. The predicted molar refractivity (Wildman–Crippen MR) is 104 cm³/mol. The van der Waals surface area contributed by atoms with Crippen molar-refractivity contribution in [3.8, 4) is 6.07 Å². The smallest absolute Gasteiger partial charge is 0.212 e. The summed E-state index contributed by atoms with van der Waals surface area (Å²) in [6.45, 7) is 3.24. The number of aryl methyl sites for hydroxylation is 1. The molecule has 1 aromatic heterocycles. The Hall–Kier alpha value is -3.17. The van der Waals surface area contributed by atoms with E-state index < -0.39 is 0 Å². The minimum Gasteiger partial charge on any atom is -0.339 e. The molecule has 130 valence electrons. The van der Waals surface area contributed by atoms with Crippen LogP contribution in [0.4, 0.5) is 10.9 Å². The molecule has 1 amide bonds. The molecule has 0 fully saturated rings. The Morgan fingerprint density at radius 2 is 1.88 bits per heavy atom. The standard InChI is InChI=1S/C20H18N4OS/c1-15-19(22-14-25)23-20(26-15)24(12-16-6-3-2-4-7-16)13-18-9-5-8-17(10-18)11-21/h2-10,14H,12-13H2,1H3,(H,22,25). The first kappa shape index (κ1) is 17.6. The Morgan fingerprint density at radius 3 is 2.62 bits per heavy atom. The fraction of sp³-hybridized carbons (Fsp3) is 0.150. The van der Waals surface area contributed by atoms with E-state index in [9.17, 15) is 4.79 Å². The molecule has 0 atom stereocenters. The van der Waals surface area contributed by atoms with Gasteiger partial charge in [0.25, 0.3) is 0 Å². The van der Waals surface area contributed by atoms with Crippen LogP contribution in [0.1, 0.15) is 21.6 Å². The fourth-order valence-electron chi connectivity index (χ4n) is 2.66. The molecule has 0 aliphatic carbocycles. The lowest BCUT2D eigenvalue weighted by molar-refractivity contribution is -0.105. The summed E-state index contributed by atoms with van der Waals surface area (Å²) in [4.78, 5) is 18.4. The number of hydrogen-bond donors (Lipinski definition) is 1. The van der Waals surface area contributed by atoms with Crippen LogP contribution >= 0.6 is 11.3 Å². The third-order valence-corrected chi connectivity index (χ3v) is 4.93. The number of thiazole rings is 1. The lowest BCUT2D eigenvalue weighted by Crippen LogP contribution is -2.22. The van der Waals surface area contributed by atoms with Crippen molar-refractivity contribution >= 4 is 28.7 Å². The molecule has 0 saturated heterocycles. The highest BCUT2D eigenvalue weighted by Gasteiger charge is 2.15. The number of aromatic nitrogens is 1. The minimum absolute atomic E-state index is 0.587. The molecule has 1 heterocycles. The Morgan fingerprint density at radius 1 is 1.15 bits per heavy atom. The van der Waals surface area contributed by atoms with Crippen LogP contribution < -0.4 is 10.2 Å². The zero-order chi connectivity index (χ0) is 18.4. The zero-order valence-corrected chi connectivity index (χ0v) is 15.2. The van der Waals surface area contributed by atoms with Crippen molar-refractivity contribution in [1.29, 1.82) is 5.26 Å². The van der Waals surface area contributed by atoms with Gasteiger partial charge in [0.15, 0.2) is 5.13 Å². The fourth-order valence-corrected chi connectivity index (χ4v) is 3.53. The van der Waals surface area contributed by atoms with E-state index >= 15 is 0 Å². The van der Waals surface area contributed by atoms with E-state index in [0.29, 0.717) is 30.9 Å². The normalized spacial score (nSPS) is 10.2. The highest BCUT2D eigenvalue weighted by molar-refractivity contribution is 7.16. The molecule has 26 heavy (non-hydrogen) atoms. The zero-order valence-electron chi connectivity index (χ0n) is 14.3. The maximum absolute atomic E-state index is 10.8. The van der Waals surface area contributed by atoms with Crippen molar-refractivity contribution in [2.24, 2.45) is 0 Å². The van der Waals surface area contributed by atoms with Gasteiger partial charge < -0.3 is 10.2 Å². The molecular weight excluding hydrogens is 344 g/mol. The van der Waals surface area contributed by atoms with Gasteiger partial charge in [0.2, 0.25) is 6.41 Å². The van der Waals surface area contributed by atoms with Crippen molar-refractivity contribution in [1.82, 2.24) is 4.98 Å². The van der Waals surface area contributed by atoms with Crippen molar-refractivity contribution in [3.63, 3.8) is 0 Å². The summed E-state index contributed by atoms with van der Waals surface area (Å²) in [6, 6.07) is 19.9. The number of hydrogen-bond acceptors (Lipinski definition) is 5. The Labute approximate surface area is 156 Å². The average molecular weight is 362 g/mol. The number of rotatable bonds is 7. The summed E-state index contributed by atoms with van der Waals surface area (Å²) in [7, 11) is 0. The molecule has 1 N–H and O–H groups in total. The van der Waals surface area contributed by atoms with Gasteiger partial charge >= 0.3 is 0 Å². The van der Waals surface area contributed by atoms with E-state index in [2.05, 4.69) is 33.4 Å². The number of anilines is 2. The molecule has 3 rings (SSSR count). The summed E-state index contributed by atoms with van der Waals surface area (Å²) >= 11 is 1.54. The summed E-state index contributed by atoms with van der Waals surface area (Å²) < 4.78 is 0. The Balaban J connectivity index is 1.92. The van der Waals surface area contributed by atoms with E-state index in [1.807, 2.05) is 43.3 Å². The van der Waals surface area contributed by atoms with Gasteiger partial charge in [-0.3, -0.25) is 4.79 Å².